The van der Waals surface area contributed by atoms with Crippen LogP contribution in [0.25, 0.3) is 0 Å². The normalized spacial score (nSPS) is 24.6. The third-order valence-electron chi connectivity index (χ3n) is 1.61. The molecule has 0 nitrogen and oxygen atoms in total. The van der Waals surface area contributed by atoms with E-state index in [-0.39, 0.29) is 0 Å². The summed E-state index contributed by atoms with van der Waals surface area (Å²) in [5.74, 6) is 0.706. The molecular weight excluding hydrogens is 256 g/mol. The molecule has 1 aliphatic carbocycles. The Balaban J connectivity index is 2.50. The first kappa shape index (κ1) is 8.54. The predicted octanol–water partition coefficient (Wildman–Crippen LogP) is 3.28. The molecule has 0 heterocycles. The second kappa shape index (κ2) is 4.35. The highest BCUT2D eigenvalue weighted by molar-refractivity contribution is 9.09. The topological polar surface area (TPSA) is 0 Å². The zero-order valence-corrected chi connectivity index (χ0v) is 8.86. The number of rotatable bonds is 2. The van der Waals surface area contributed by atoms with Crippen molar-refractivity contribution < 1.29 is 0 Å². The molecule has 56 valence electrons. The molecule has 1 rings (SSSR count). The molecule has 1 atom stereocenters. The Kier molecular flexibility index (Phi) is 3.71. The molecule has 0 fully saturated rings. The number of hydrogen-bond acceptors (Lipinski definition) is 0. The van der Waals surface area contributed by atoms with Crippen molar-refractivity contribution in [1.29, 1.82) is 0 Å². The Morgan fingerprint density at radius 2 is 2.30 bits per heavy atom. The molecule has 10 heavy (non-hydrogen) atoms. The number of allylic oxidation sites excluding steroid dienone is 4. The fourth-order valence-electron chi connectivity index (χ4n) is 1.03. The molecule has 0 saturated heterocycles. The lowest BCUT2D eigenvalue weighted by molar-refractivity contribution is 0.726. The first-order valence-electron chi connectivity index (χ1n) is 3.35. The van der Waals surface area contributed by atoms with Crippen LogP contribution in [0.4, 0.5) is 0 Å². The van der Waals surface area contributed by atoms with Gasteiger partial charge in [-0.1, -0.05) is 55.7 Å². The van der Waals surface area contributed by atoms with E-state index in [4.69, 9.17) is 0 Å². The molecule has 0 aromatic rings. The van der Waals surface area contributed by atoms with Crippen LogP contribution in [0.1, 0.15) is 6.42 Å². The van der Waals surface area contributed by atoms with E-state index >= 15 is 0 Å². The summed E-state index contributed by atoms with van der Waals surface area (Å²) in [6.45, 7) is 0. The minimum atomic E-state index is 0.706. The van der Waals surface area contributed by atoms with E-state index in [1.807, 2.05) is 0 Å². The van der Waals surface area contributed by atoms with Gasteiger partial charge in [-0.3, -0.25) is 0 Å². The monoisotopic (exact) mass is 264 g/mol. The molecule has 2 heteroatoms. The van der Waals surface area contributed by atoms with E-state index in [1.165, 1.54) is 12.0 Å². The second-order valence-corrected chi connectivity index (χ2v) is 3.67. The Hall–Kier alpha value is 0.440. The molecule has 0 spiro atoms. The molecule has 0 N–H and O–H groups in total. The zero-order chi connectivity index (χ0) is 7.40. The third-order valence-corrected chi connectivity index (χ3v) is 3.16. The standard InChI is InChI=1S/C8H10Br2/c9-5-7-2-1-3-8(4-7)6-10/h1-3,7H,4-6H2. The number of hydrogen-bond donors (Lipinski definition) is 0. The third kappa shape index (κ3) is 2.24. The average molecular weight is 266 g/mol. The van der Waals surface area contributed by atoms with E-state index in [9.17, 15) is 0 Å². The van der Waals surface area contributed by atoms with E-state index in [0.717, 1.165) is 10.7 Å². The van der Waals surface area contributed by atoms with Crippen LogP contribution >= 0.6 is 31.9 Å². The molecule has 0 radical (unpaired) electrons. The lowest BCUT2D eigenvalue weighted by atomic mass is 9.97. The van der Waals surface area contributed by atoms with Crippen molar-refractivity contribution in [2.75, 3.05) is 10.7 Å². The van der Waals surface area contributed by atoms with Crippen LogP contribution < -0.4 is 0 Å². The molecule has 0 aliphatic heterocycles. The van der Waals surface area contributed by atoms with Crippen LogP contribution in [-0.4, -0.2) is 10.7 Å². The molecule has 0 amide bonds. The number of halogens is 2. The van der Waals surface area contributed by atoms with Gasteiger partial charge in [0.15, 0.2) is 0 Å². The van der Waals surface area contributed by atoms with E-state index in [2.05, 4.69) is 50.1 Å². The summed E-state index contributed by atoms with van der Waals surface area (Å²) in [6.07, 6.45) is 7.79. The van der Waals surface area contributed by atoms with Gasteiger partial charge in [-0.05, 0) is 12.3 Å². The quantitative estimate of drug-likeness (QED) is 0.673. The van der Waals surface area contributed by atoms with Gasteiger partial charge in [0.05, 0.1) is 0 Å². The van der Waals surface area contributed by atoms with Gasteiger partial charge in [0.1, 0.15) is 0 Å². The Morgan fingerprint density at radius 3 is 2.90 bits per heavy atom. The van der Waals surface area contributed by atoms with Gasteiger partial charge in [-0.25, -0.2) is 0 Å². The van der Waals surface area contributed by atoms with Crippen molar-refractivity contribution in [3.8, 4) is 0 Å². The maximum Gasteiger partial charge on any atom is 0.0245 e. The Labute approximate surface area is 78.6 Å². The fraction of sp³-hybridized carbons (Fsp3) is 0.500. The highest BCUT2D eigenvalue weighted by atomic mass is 79.9. The van der Waals surface area contributed by atoms with Crippen LogP contribution in [0.2, 0.25) is 0 Å². The minimum absolute atomic E-state index is 0.706. The first-order valence-corrected chi connectivity index (χ1v) is 5.59. The predicted molar refractivity (Wildman–Crippen MR) is 52.9 cm³/mol. The Bertz CT molecular complexity index is 159. The van der Waals surface area contributed by atoms with Crippen LogP contribution in [0.5, 0.6) is 0 Å². The van der Waals surface area contributed by atoms with E-state index in [0.29, 0.717) is 5.92 Å². The van der Waals surface area contributed by atoms with Gasteiger partial charge < -0.3 is 0 Å². The second-order valence-electron chi connectivity index (χ2n) is 2.46. The molecule has 0 aromatic carbocycles. The van der Waals surface area contributed by atoms with Gasteiger partial charge in [0.25, 0.3) is 0 Å². The van der Waals surface area contributed by atoms with Crippen molar-refractivity contribution >= 4 is 31.9 Å². The van der Waals surface area contributed by atoms with Crippen molar-refractivity contribution in [3.05, 3.63) is 23.8 Å². The molecule has 1 aliphatic rings. The summed E-state index contributed by atoms with van der Waals surface area (Å²) >= 11 is 6.92. The van der Waals surface area contributed by atoms with Crippen LogP contribution in [0.3, 0.4) is 0 Å². The molecule has 0 saturated carbocycles. The van der Waals surface area contributed by atoms with Crippen LogP contribution in [0, 0.1) is 5.92 Å². The summed E-state index contributed by atoms with van der Waals surface area (Å²) in [7, 11) is 0. The SMILES string of the molecule is BrCC1=CC=CC(CBr)C1. The minimum Gasteiger partial charge on any atom is -0.0922 e. The summed E-state index contributed by atoms with van der Waals surface area (Å²) < 4.78 is 0. The van der Waals surface area contributed by atoms with Crippen molar-refractivity contribution in [2.24, 2.45) is 5.92 Å². The van der Waals surface area contributed by atoms with E-state index in [1.54, 1.807) is 0 Å². The molecule has 1 unspecified atom stereocenters. The van der Waals surface area contributed by atoms with Crippen LogP contribution in [-0.2, 0) is 0 Å². The average Bonchev–Trinajstić information content (AvgIpc) is 2.05. The first-order chi connectivity index (χ1) is 4.86. The maximum absolute atomic E-state index is 3.47. The van der Waals surface area contributed by atoms with Crippen molar-refractivity contribution in [1.82, 2.24) is 0 Å². The van der Waals surface area contributed by atoms with E-state index < -0.39 is 0 Å². The zero-order valence-electron chi connectivity index (χ0n) is 5.69. The number of alkyl halides is 2. The largest absolute Gasteiger partial charge is 0.0922 e. The summed E-state index contributed by atoms with van der Waals surface area (Å²) in [6, 6.07) is 0. The summed E-state index contributed by atoms with van der Waals surface area (Å²) in [5.41, 5.74) is 1.49. The van der Waals surface area contributed by atoms with Crippen molar-refractivity contribution in [2.45, 2.75) is 6.42 Å². The van der Waals surface area contributed by atoms with Gasteiger partial charge in [0.2, 0.25) is 0 Å². The molecule has 0 bridgehead atoms. The highest BCUT2D eigenvalue weighted by Gasteiger charge is 2.07. The van der Waals surface area contributed by atoms with Gasteiger partial charge in [-0.15, -0.1) is 0 Å². The highest BCUT2D eigenvalue weighted by Crippen LogP contribution is 2.21. The maximum atomic E-state index is 3.47. The van der Waals surface area contributed by atoms with Gasteiger partial charge in [0, 0.05) is 10.7 Å². The summed E-state index contributed by atoms with van der Waals surface area (Å²) in [4.78, 5) is 0. The lowest BCUT2D eigenvalue weighted by Gasteiger charge is -2.13. The molecular formula is C8H10Br2. The van der Waals surface area contributed by atoms with Gasteiger partial charge in [-0.2, -0.15) is 0 Å². The van der Waals surface area contributed by atoms with Gasteiger partial charge >= 0.3 is 0 Å². The van der Waals surface area contributed by atoms with Crippen LogP contribution in [0.15, 0.2) is 23.8 Å². The smallest absolute Gasteiger partial charge is 0.0245 e. The molecule has 0 aromatic heterocycles. The Morgan fingerprint density at radius 1 is 1.50 bits per heavy atom. The lowest BCUT2D eigenvalue weighted by Crippen LogP contribution is -2.03. The van der Waals surface area contributed by atoms with Crippen molar-refractivity contribution in [3.63, 3.8) is 0 Å². The fourth-order valence-corrected chi connectivity index (χ4v) is 1.89. The summed E-state index contributed by atoms with van der Waals surface area (Å²) in [5, 5.41) is 2.09.